The fraction of sp³-hybridized carbons (Fsp3) is 0.217. The molecule has 29 heavy (non-hydrogen) atoms. The predicted molar refractivity (Wildman–Crippen MR) is 114 cm³/mol. The summed E-state index contributed by atoms with van der Waals surface area (Å²) >= 11 is 0. The van der Waals surface area contributed by atoms with E-state index in [9.17, 15) is 9.59 Å². The van der Waals surface area contributed by atoms with Gasteiger partial charge in [-0.2, -0.15) is 0 Å². The summed E-state index contributed by atoms with van der Waals surface area (Å²) in [5.41, 5.74) is 8.17. The molecule has 0 spiro atoms. The highest BCUT2D eigenvalue weighted by Gasteiger charge is 2.10. The van der Waals surface area contributed by atoms with Gasteiger partial charge in [-0.15, -0.1) is 0 Å². The number of nitrogens with one attached hydrogen (secondary N) is 2. The van der Waals surface area contributed by atoms with Crippen LogP contribution in [-0.4, -0.2) is 23.1 Å². The van der Waals surface area contributed by atoms with Crippen molar-refractivity contribution in [3.63, 3.8) is 0 Å². The van der Waals surface area contributed by atoms with Gasteiger partial charge in [0.1, 0.15) is 5.75 Å². The number of benzene rings is 2. The van der Waals surface area contributed by atoms with Crippen LogP contribution in [0.25, 0.3) is 0 Å². The molecule has 6 heteroatoms. The number of carbonyl (C=O) groups is 2. The monoisotopic (exact) mass is 391 g/mol. The Morgan fingerprint density at radius 1 is 0.897 bits per heavy atom. The van der Waals surface area contributed by atoms with Crippen LogP contribution in [0.15, 0.2) is 54.6 Å². The maximum atomic E-state index is 12.4. The van der Waals surface area contributed by atoms with Gasteiger partial charge in [0.25, 0.3) is 11.8 Å². The Kier molecular flexibility index (Phi) is 6.02. The maximum absolute atomic E-state index is 12.4. The highest BCUT2D eigenvalue weighted by atomic mass is 16.5. The smallest absolute Gasteiger partial charge is 0.270 e. The summed E-state index contributed by atoms with van der Waals surface area (Å²) in [4.78, 5) is 24.6. The normalized spacial score (nSPS) is 10.5. The summed E-state index contributed by atoms with van der Waals surface area (Å²) < 4.78 is 7.27. The van der Waals surface area contributed by atoms with Crippen molar-refractivity contribution in [2.45, 2.75) is 27.7 Å². The lowest BCUT2D eigenvalue weighted by Gasteiger charge is -2.12. The molecule has 0 atom stereocenters. The summed E-state index contributed by atoms with van der Waals surface area (Å²) in [6.07, 6.45) is 0. The van der Waals surface area contributed by atoms with Crippen molar-refractivity contribution in [2.24, 2.45) is 0 Å². The van der Waals surface area contributed by atoms with Crippen LogP contribution in [0.3, 0.4) is 0 Å². The Balaban J connectivity index is 1.55. The Morgan fingerprint density at radius 3 is 2.17 bits per heavy atom. The number of rotatable bonds is 6. The molecule has 0 bridgehead atoms. The molecule has 3 aromatic rings. The molecular weight excluding hydrogens is 366 g/mol. The Labute approximate surface area is 170 Å². The number of aryl methyl sites for hydroxylation is 4. The third kappa shape index (κ3) is 5.04. The van der Waals surface area contributed by atoms with Crippen molar-refractivity contribution in [1.29, 1.82) is 0 Å². The van der Waals surface area contributed by atoms with Crippen molar-refractivity contribution in [3.8, 4) is 5.75 Å². The molecule has 0 saturated heterocycles. The van der Waals surface area contributed by atoms with E-state index in [0.29, 0.717) is 11.3 Å². The van der Waals surface area contributed by atoms with Gasteiger partial charge in [-0.05, 0) is 75.7 Å². The molecule has 1 aromatic heterocycles. The first kappa shape index (κ1) is 20.2. The van der Waals surface area contributed by atoms with Gasteiger partial charge in [0, 0.05) is 22.6 Å². The first-order valence-corrected chi connectivity index (χ1v) is 9.40. The molecule has 0 saturated carbocycles. The second kappa shape index (κ2) is 8.65. The minimum Gasteiger partial charge on any atom is -0.484 e. The number of aromatic nitrogens is 1. The van der Waals surface area contributed by atoms with E-state index in [4.69, 9.17) is 4.74 Å². The first-order valence-electron chi connectivity index (χ1n) is 9.40. The van der Waals surface area contributed by atoms with E-state index in [1.165, 1.54) is 0 Å². The van der Waals surface area contributed by atoms with Gasteiger partial charge in [0.2, 0.25) is 0 Å². The number of anilines is 1. The SMILES string of the molecule is Cc1ccc(NC(=O)COc2ccc(C(=O)Nn3c(C)ccc3C)cc2)c(C)c1. The third-order valence-corrected chi connectivity index (χ3v) is 4.63. The van der Waals surface area contributed by atoms with Gasteiger partial charge >= 0.3 is 0 Å². The highest BCUT2D eigenvalue weighted by Crippen LogP contribution is 2.17. The molecule has 0 fully saturated rings. The minimum atomic E-state index is -0.239. The summed E-state index contributed by atoms with van der Waals surface area (Å²) in [5.74, 6) is 0.0644. The number of ether oxygens (including phenoxy) is 1. The fourth-order valence-corrected chi connectivity index (χ4v) is 3.00. The Bertz CT molecular complexity index is 1020. The molecule has 1 heterocycles. The van der Waals surface area contributed by atoms with Crippen molar-refractivity contribution < 1.29 is 14.3 Å². The van der Waals surface area contributed by atoms with Gasteiger partial charge in [-0.3, -0.25) is 19.7 Å². The molecule has 0 aliphatic heterocycles. The molecule has 0 aliphatic rings. The molecule has 2 amide bonds. The molecule has 150 valence electrons. The zero-order chi connectivity index (χ0) is 21.0. The number of carbonyl (C=O) groups excluding carboxylic acids is 2. The molecule has 0 unspecified atom stereocenters. The second-order valence-corrected chi connectivity index (χ2v) is 7.07. The molecular formula is C23H25N3O3. The lowest BCUT2D eigenvalue weighted by atomic mass is 10.1. The molecule has 0 radical (unpaired) electrons. The molecule has 6 nitrogen and oxygen atoms in total. The fourth-order valence-electron chi connectivity index (χ4n) is 3.00. The number of hydrogen-bond acceptors (Lipinski definition) is 3. The topological polar surface area (TPSA) is 72.4 Å². The Morgan fingerprint density at radius 2 is 1.55 bits per heavy atom. The average Bonchev–Trinajstić information content (AvgIpc) is 3.01. The van der Waals surface area contributed by atoms with Crippen LogP contribution in [-0.2, 0) is 4.79 Å². The largest absolute Gasteiger partial charge is 0.484 e. The second-order valence-electron chi connectivity index (χ2n) is 7.07. The van der Waals surface area contributed by atoms with E-state index in [2.05, 4.69) is 10.7 Å². The zero-order valence-electron chi connectivity index (χ0n) is 17.1. The van der Waals surface area contributed by atoms with E-state index in [1.807, 2.05) is 58.0 Å². The van der Waals surface area contributed by atoms with E-state index < -0.39 is 0 Å². The number of nitrogens with zero attached hydrogens (tertiary/aromatic N) is 1. The standard InChI is InChI=1S/C23H25N3O3/c1-15-5-12-21(16(2)13-15)24-22(27)14-29-20-10-8-19(9-11-20)23(28)25-26-17(3)6-7-18(26)4/h5-13H,14H2,1-4H3,(H,24,27)(H,25,28). The van der Waals surface area contributed by atoms with Crippen LogP contribution in [0.5, 0.6) is 5.75 Å². The van der Waals surface area contributed by atoms with Crippen LogP contribution < -0.4 is 15.5 Å². The van der Waals surface area contributed by atoms with Crippen LogP contribution in [0.2, 0.25) is 0 Å². The van der Waals surface area contributed by atoms with Crippen molar-refractivity contribution in [3.05, 3.63) is 82.7 Å². The summed E-state index contributed by atoms with van der Waals surface area (Å²) in [6.45, 7) is 7.69. The van der Waals surface area contributed by atoms with Crippen LogP contribution in [0, 0.1) is 27.7 Å². The average molecular weight is 391 g/mol. The lowest BCUT2D eigenvalue weighted by Crippen LogP contribution is -2.24. The third-order valence-electron chi connectivity index (χ3n) is 4.63. The molecule has 2 aromatic carbocycles. The van der Waals surface area contributed by atoms with Crippen molar-refractivity contribution in [2.75, 3.05) is 17.3 Å². The maximum Gasteiger partial charge on any atom is 0.270 e. The van der Waals surface area contributed by atoms with Crippen LogP contribution in [0.4, 0.5) is 5.69 Å². The predicted octanol–water partition coefficient (Wildman–Crippen LogP) is 4.12. The van der Waals surface area contributed by atoms with E-state index in [0.717, 1.165) is 28.2 Å². The quantitative estimate of drug-likeness (QED) is 0.664. The molecule has 0 aliphatic carbocycles. The van der Waals surface area contributed by atoms with Gasteiger partial charge in [-0.25, -0.2) is 0 Å². The molecule has 3 rings (SSSR count). The van der Waals surface area contributed by atoms with Crippen LogP contribution in [0.1, 0.15) is 32.9 Å². The first-order chi connectivity index (χ1) is 13.8. The van der Waals surface area contributed by atoms with Crippen molar-refractivity contribution >= 4 is 17.5 Å². The van der Waals surface area contributed by atoms with Crippen LogP contribution >= 0.6 is 0 Å². The number of amides is 2. The summed E-state index contributed by atoms with van der Waals surface area (Å²) in [6, 6.07) is 16.4. The number of hydrogen-bond donors (Lipinski definition) is 2. The highest BCUT2D eigenvalue weighted by molar-refractivity contribution is 6.00. The van der Waals surface area contributed by atoms with Gasteiger partial charge in [0.15, 0.2) is 6.61 Å². The van der Waals surface area contributed by atoms with E-state index in [-0.39, 0.29) is 18.4 Å². The van der Waals surface area contributed by atoms with Gasteiger partial charge in [-0.1, -0.05) is 17.7 Å². The van der Waals surface area contributed by atoms with Gasteiger partial charge < -0.3 is 10.1 Å². The Hall–Kier alpha value is -3.54. The lowest BCUT2D eigenvalue weighted by molar-refractivity contribution is -0.118. The minimum absolute atomic E-state index is 0.110. The van der Waals surface area contributed by atoms with Crippen molar-refractivity contribution in [1.82, 2.24) is 4.68 Å². The summed E-state index contributed by atoms with van der Waals surface area (Å²) in [7, 11) is 0. The zero-order valence-corrected chi connectivity index (χ0v) is 17.1. The molecule has 2 N–H and O–H groups in total. The van der Waals surface area contributed by atoms with E-state index >= 15 is 0 Å². The van der Waals surface area contributed by atoms with Gasteiger partial charge in [0.05, 0.1) is 0 Å². The van der Waals surface area contributed by atoms with E-state index in [1.54, 1.807) is 28.9 Å². The summed E-state index contributed by atoms with van der Waals surface area (Å²) in [5, 5.41) is 2.84.